The van der Waals surface area contributed by atoms with Gasteiger partial charge in [0.2, 0.25) is 0 Å². The molecule has 0 fully saturated rings. The molecule has 3 heteroatoms. The van der Waals surface area contributed by atoms with Crippen LogP contribution in [0.2, 0.25) is 5.02 Å². The molecule has 0 bridgehead atoms. The van der Waals surface area contributed by atoms with E-state index in [1.807, 2.05) is 18.2 Å². The van der Waals surface area contributed by atoms with Gasteiger partial charge in [0.25, 0.3) is 0 Å². The second-order valence-corrected chi connectivity index (χ2v) is 4.82. The van der Waals surface area contributed by atoms with Gasteiger partial charge in [0.15, 0.2) is 0 Å². The molecule has 0 atom stereocenters. The summed E-state index contributed by atoms with van der Waals surface area (Å²) >= 11 is 6.20. The molecule has 0 aliphatic rings. The second kappa shape index (κ2) is 8.02. The molecule has 2 nitrogen and oxygen atoms in total. The largest absolute Gasteiger partial charge is 0.493 e. The Bertz CT molecular complexity index is 409. The third-order valence-electron chi connectivity index (χ3n) is 2.49. The fourth-order valence-corrected chi connectivity index (χ4v) is 1.74. The minimum absolute atomic E-state index is 0.413. The summed E-state index contributed by atoms with van der Waals surface area (Å²) in [5.41, 5.74) is 1.01. The third-order valence-corrected chi connectivity index (χ3v) is 2.84. The summed E-state index contributed by atoms with van der Waals surface area (Å²) < 4.78 is 5.73. The Morgan fingerprint density at radius 3 is 2.89 bits per heavy atom. The number of ether oxygens (including phenoxy) is 1. The quantitative estimate of drug-likeness (QED) is 0.600. The van der Waals surface area contributed by atoms with Gasteiger partial charge >= 0.3 is 0 Å². The summed E-state index contributed by atoms with van der Waals surface area (Å²) in [6.07, 6.45) is 6.80. The van der Waals surface area contributed by atoms with E-state index >= 15 is 0 Å². The zero-order valence-corrected chi connectivity index (χ0v) is 11.8. The molecule has 0 spiro atoms. The number of rotatable bonds is 7. The number of terminal acetylenes is 1. The van der Waals surface area contributed by atoms with Gasteiger partial charge in [0.05, 0.1) is 6.61 Å². The van der Waals surface area contributed by atoms with Crippen molar-refractivity contribution in [1.29, 1.82) is 0 Å². The van der Waals surface area contributed by atoms with Crippen LogP contribution in [-0.4, -0.2) is 12.6 Å². The van der Waals surface area contributed by atoms with E-state index in [1.54, 1.807) is 0 Å². The van der Waals surface area contributed by atoms with Gasteiger partial charge in [-0.3, -0.25) is 0 Å². The number of benzene rings is 1. The minimum atomic E-state index is 0.413. The van der Waals surface area contributed by atoms with Crippen LogP contribution in [-0.2, 0) is 6.54 Å². The van der Waals surface area contributed by atoms with Crippen LogP contribution in [0.15, 0.2) is 18.2 Å². The molecule has 0 heterocycles. The van der Waals surface area contributed by atoms with Crippen LogP contribution in [0.5, 0.6) is 5.75 Å². The third kappa shape index (κ3) is 5.00. The number of unbranched alkanes of at least 4 members (excludes halogenated alkanes) is 1. The van der Waals surface area contributed by atoms with Crippen molar-refractivity contribution in [3.05, 3.63) is 28.8 Å². The number of nitrogens with one attached hydrogen (secondary N) is 1. The van der Waals surface area contributed by atoms with Gasteiger partial charge in [-0.2, -0.15) is 0 Å². The Balaban J connectivity index is 2.65. The molecule has 0 unspecified atom stereocenters. The molecule has 1 rings (SSSR count). The second-order valence-electron chi connectivity index (χ2n) is 4.41. The molecule has 0 aliphatic heterocycles. The van der Waals surface area contributed by atoms with Gasteiger partial charge in [-0.1, -0.05) is 31.5 Å². The lowest BCUT2D eigenvalue weighted by molar-refractivity contribution is 0.308. The monoisotopic (exact) mass is 265 g/mol. The molecule has 1 aromatic rings. The maximum Gasteiger partial charge on any atom is 0.125 e. The summed E-state index contributed by atoms with van der Waals surface area (Å²) in [4.78, 5) is 0. The molecule has 0 aromatic heterocycles. The summed E-state index contributed by atoms with van der Waals surface area (Å²) in [6.45, 7) is 5.54. The first kappa shape index (κ1) is 14.9. The van der Waals surface area contributed by atoms with Crippen molar-refractivity contribution in [2.24, 2.45) is 0 Å². The molecule has 0 amide bonds. The molecular weight excluding hydrogens is 246 g/mol. The van der Waals surface area contributed by atoms with Crippen molar-refractivity contribution in [2.45, 2.75) is 39.3 Å². The SMILES string of the molecule is C#CCCCOc1cccc(Cl)c1CNC(C)C. The van der Waals surface area contributed by atoms with E-state index in [0.717, 1.165) is 29.2 Å². The van der Waals surface area contributed by atoms with E-state index < -0.39 is 0 Å². The van der Waals surface area contributed by atoms with Crippen molar-refractivity contribution in [2.75, 3.05) is 6.61 Å². The number of halogens is 1. The smallest absolute Gasteiger partial charge is 0.125 e. The molecule has 18 heavy (non-hydrogen) atoms. The van der Waals surface area contributed by atoms with Crippen LogP contribution in [0.4, 0.5) is 0 Å². The highest BCUT2D eigenvalue weighted by molar-refractivity contribution is 6.31. The van der Waals surface area contributed by atoms with Gasteiger partial charge in [-0.05, 0) is 18.6 Å². The van der Waals surface area contributed by atoms with Gasteiger partial charge in [-0.15, -0.1) is 12.3 Å². The first-order valence-electron chi connectivity index (χ1n) is 6.22. The van der Waals surface area contributed by atoms with E-state index in [0.29, 0.717) is 19.2 Å². The van der Waals surface area contributed by atoms with E-state index in [1.165, 1.54) is 0 Å². The van der Waals surface area contributed by atoms with Crippen LogP contribution in [0, 0.1) is 12.3 Å². The Morgan fingerprint density at radius 2 is 2.22 bits per heavy atom. The van der Waals surface area contributed by atoms with Crippen LogP contribution < -0.4 is 10.1 Å². The summed E-state index contributed by atoms with van der Waals surface area (Å²) in [5, 5.41) is 4.08. The summed E-state index contributed by atoms with van der Waals surface area (Å²) in [5.74, 6) is 3.44. The van der Waals surface area contributed by atoms with Crippen LogP contribution in [0.1, 0.15) is 32.3 Å². The molecule has 1 aromatic carbocycles. The maximum atomic E-state index is 6.20. The van der Waals surface area contributed by atoms with E-state index in [9.17, 15) is 0 Å². The van der Waals surface area contributed by atoms with Crippen molar-refractivity contribution < 1.29 is 4.74 Å². The van der Waals surface area contributed by atoms with E-state index in [-0.39, 0.29) is 0 Å². The molecular formula is C15H20ClNO. The van der Waals surface area contributed by atoms with Crippen LogP contribution >= 0.6 is 11.6 Å². The number of hydrogen-bond donors (Lipinski definition) is 1. The predicted octanol–water partition coefficient (Wildman–Crippen LogP) is 3.63. The zero-order chi connectivity index (χ0) is 13.4. The average Bonchev–Trinajstić information content (AvgIpc) is 2.33. The van der Waals surface area contributed by atoms with Crippen molar-refractivity contribution in [1.82, 2.24) is 5.32 Å². The fraction of sp³-hybridized carbons (Fsp3) is 0.467. The van der Waals surface area contributed by atoms with Crippen LogP contribution in [0.3, 0.4) is 0 Å². The highest BCUT2D eigenvalue weighted by atomic mass is 35.5. The Hall–Kier alpha value is -1.17. The van der Waals surface area contributed by atoms with Gasteiger partial charge < -0.3 is 10.1 Å². The Labute approximate surface area is 115 Å². The van der Waals surface area contributed by atoms with Gasteiger partial charge in [0.1, 0.15) is 5.75 Å². The molecule has 0 aliphatic carbocycles. The Morgan fingerprint density at radius 1 is 1.44 bits per heavy atom. The van der Waals surface area contributed by atoms with E-state index in [2.05, 4.69) is 25.1 Å². The lowest BCUT2D eigenvalue weighted by atomic mass is 10.2. The summed E-state index contributed by atoms with van der Waals surface area (Å²) in [6, 6.07) is 6.14. The zero-order valence-electron chi connectivity index (χ0n) is 11.0. The van der Waals surface area contributed by atoms with Crippen molar-refractivity contribution in [3.63, 3.8) is 0 Å². The lowest BCUT2D eigenvalue weighted by Crippen LogP contribution is -2.22. The maximum absolute atomic E-state index is 6.20. The van der Waals surface area contributed by atoms with Gasteiger partial charge in [-0.25, -0.2) is 0 Å². The van der Waals surface area contributed by atoms with Crippen molar-refractivity contribution >= 4 is 11.6 Å². The Kier molecular flexibility index (Phi) is 6.64. The summed E-state index contributed by atoms with van der Waals surface area (Å²) in [7, 11) is 0. The van der Waals surface area contributed by atoms with Crippen LogP contribution in [0.25, 0.3) is 0 Å². The van der Waals surface area contributed by atoms with Gasteiger partial charge in [0, 0.05) is 29.6 Å². The highest BCUT2D eigenvalue weighted by Gasteiger charge is 2.08. The average molecular weight is 266 g/mol. The standard InChI is InChI=1S/C15H20ClNO/c1-4-5-6-10-18-15-9-7-8-14(16)13(15)11-17-12(2)3/h1,7-9,12,17H,5-6,10-11H2,2-3H3. The molecule has 0 saturated carbocycles. The highest BCUT2D eigenvalue weighted by Crippen LogP contribution is 2.26. The van der Waals surface area contributed by atoms with Crippen molar-refractivity contribution in [3.8, 4) is 18.1 Å². The fourth-order valence-electron chi connectivity index (χ4n) is 1.51. The molecule has 98 valence electrons. The topological polar surface area (TPSA) is 21.3 Å². The van der Waals surface area contributed by atoms with E-state index in [4.69, 9.17) is 22.8 Å². The molecule has 0 radical (unpaired) electrons. The normalized spacial score (nSPS) is 10.4. The first-order chi connectivity index (χ1) is 8.65. The lowest BCUT2D eigenvalue weighted by Gasteiger charge is -2.14. The molecule has 0 saturated heterocycles. The minimum Gasteiger partial charge on any atom is -0.493 e. The first-order valence-corrected chi connectivity index (χ1v) is 6.60. The number of hydrogen-bond acceptors (Lipinski definition) is 2. The molecule has 1 N–H and O–H groups in total. The predicted molar refractivity (Wildman–Crippen MR) is 77.0 cm³/mol.